The van der Waals surface area contributed by atoms with Crippen molar-refractivity contribution in [3.8, 4) is 0 Å². The molecule has 4 aliphatic carbocycles. The fourth-order valence-corrected chi connectivity index (χ4v) is 6.92. The lowest BCUT2D eigenvalue weighted by molar-refractivity contribution is 0.388. The van der Waals surface area contributed by atoms with Crippen LogP contribution in [0.15, 0.2) is 9.98 Å². The van der Waals surface area contributed by atoms with E-state index >= 15 is 0 Å². The summed E-state index contributed by atoms with van der Waals surface area (Å²) in [6.07, 6.45) is 28.9. The zero-order valence-corrected chi connectivity index (χ0v) is 25.1. The number of hydrogen-bond acceptors (Lipinski definition) is 3. The van der Waals surface area contributed by atoms with Crippen molar-refractivity contribution in [3.63, 3.8) is 0 Å². The minimum absolute atomic E-state index is 0.515. The van der Waals surface area contributed by atoms with Crippen LogP contribution in [0.5, 0.6) is 0 Å². The molecule has 0 heterocycles. The first-order valence-electron chi connectivity index (χ1n) is 17.2. The van der Waals surface area contributed by atoms with Gasteiger partial charge < -0.3 is 26.6 Å². The molecule has 4 aliphatic rings. The van der Waals surface area contributed by atoms with E-state index in [0.717, 1.165) is 50.9 Å². The quantitative estimate of drug-likeness (QED) is 0.123. The molecule has 0 unspecified atom stereocenters. The number of aliphatic imine (C=N–C) groups is 2. The molecular weight excluding hydrogens is 482 g/mol. The third-order valence-electron chi connectivity index (χ3n) is 9.33. The highest BCUT2D eigenvalue weighted by Gasteiger charge is 2.19. The van der Waals surface area contributed by atoms with Crippen molar-refractivity contribution in [1.82, 2.24) is 26.6 Å². The van der Waals surface area contributed by atoms with Gasteiger partial charge in [-0.05, 0) is 77.3 Å². The van der Waals surface area contributed by atoms with Gasteiger partial charge >= 0.3 is 0 Å². The average molecular weight is 544 g/mol. The first-order chi connectivity index (χ1) is 19.3. The van der Waals surface area contributed by atoms with Gasteiger partial charge in [-0.15, -0.1) is 0 Å². The molecule has 224 valence electrons. The maximum Gasteiger partial charge on any atom is 0.191 e. The summed E-state index contributed by atoms with van der Waals surface area (Å²) in [6, 6.07) is 2.34. The minimum atomic E-state index is 0.515. The van der Waals surface area contributed by atoms with Crippen molar-refractivity contribution in [3.05, 3.63) is 0 Å². The molecule has 0 aromatic carbocycles. The molecule has 0 spiro atoms. The van der Waals surface area contributed by atoms with Crippen molar-refractivity contribution in [1.29, 1.82) is 0 Å². The highest BCUT2D eigenvalue weighted by molar-refractivity contribution is 5.80. The summed E-state index contributed by atoms with van der Waals surface area (Å²) in [7, 11) is 0. The van der Waals surface area contributed by atoms with Crippen molar-refractivity contribution in [2.24, 2.45) is 9.98 Å². The smallest absolute Gasteiger partial charge is 0.191 e. The van der Waals surface area contributed by atoms with Gasteiger partial charge in [-0.1, -0.05) is 77.0 Å². The molecule has 0 aliphatic heterocycles. The lowest BCUT2D eigenvalue weighted by atomic mass is 9.95. The first kappa shape index (κ1) is 30.5. The Labute approximate surface area is 240 Å². The molecule has 0 aromatic rings. The fourth-order valence-electron chi connectivity index (χ4n) is 6.92. The minimum Gasteiger partial charge on any atom is -0.356 e. The fraction of sp³-hybridized carbons (Fsp3) is 0.938. The topological polar surface area (TPSA) is 84.9 Å². The Morgan fingerprint density at radius 1 is 0.487 bits per heavy atom. The SMILES string of the molecule is C1CCC(N=C(NCCCNCCCN=C(NC2CCCCC2)NC2CCCCC2)NC2CCCCC2)CC1. The van der Waals surface area contributed by atoms with Crippen LogP contribution in [0.2, 0.25) is 0 Å². The predicted octanol–water partition coefficient (Wildman–Crippen LogP) is 5.76. The molecule has 0 radical (unpaired) electrons. The van der Waals surface area contributed by atoms with Crippen LogP contribution in [0.25, 0.3) is 0 Å². The second-order valence-electron chi connectivity index (χ2n) is 12.8. The second-order valence-corrected chi connectivity index (χ2v) is 12.8. The normalized spacial score (nSPS) is 22.8. The zero-order valence-electron chi connectivity index (χ0n) is 25.1. The van der Waals surface area contributed by atoms with E-state index < -0.39 is 0 Å². The average Bonchev–Trinajstić information content (AvgIpc) is 2.98. The number of guanidine groups is 2. The third kappa shape index (κ3) is 12.7. The molecule has 4 fully saturated rings. The number of nitrogens with one attached hydrogen (secondary N) is 5. The Kier molecular flexibility index (Phi) is 14.7. The summed E-state index contributed by atoms with van der Waals surface area (Å²) < 4.78 is 0. The largest absolute Gasteiger partial charge is 0.356 e. The summed E-state index contributed by atoms with van der Waals surface area (Å²) >= 11 is 0. The monoisotopic (exact) mass is 543 g/mol. The molecule has 0 saturated heterocycles. The molecule has 7 heteroatoms. The molecule has 0 bridgehead atoms. The Morgan fingerprint density at radius 2 is 0.949 bits per heavy atom. The molecule has 39 heavy (non-hydrogen) atoms. The van der Waals surface area contributed by atoms with Crippen molar-refractivity contribution in [2.75, 3.05) is 26.2 Å². The van der Waals surface area contributed by atoms with E-state index in [4.69, 9.17) is 9.98 Å². The summed E-state index contributed by atoms with van der Waals surface area (Å²) in [5, 5.41) is 18.7. The number of nitrogens with zero attached hydrogens (tertiary/aromatic N) is 2. The van der Waals surface area contributed by atoms with Gasteiger partial charge in [-0.3, -0.25) is 4.99 Å². The van der Waals surface area contributed by atoms with Crippen molar-refractivity contribution >= 4 is 11.9 Å². The van der Waals surface area contributed by atoms with Crippen LogP contribution in [0.1, 0.15) is 141 Å². The Hall–Kier alpha value is -1.50. The van der Waals surface area contributed by atoms with Gasteiger partial charge in [0.05, 0.1) is 6.04 Å². The Balaban J connectivity index is 1.11. The van der Waals surface area contributed by atoms with Crippen molar-refractivity contribution < 1.29 is 0 Å². The molecule has 5 N–H and O–H groups in total. The number of rotatable bonds is 12. The van der Waals surface area contributed by atoms with Gasteiger partial charge in [-0.25, -0.2) is 4.99 Å². The second kappa shape index (κ2) is 18.8. The Bertz CT molecular complexity index is 663. The maximum absolute atomic E-state index is 5.14. The van der Waals surface area contributed by atoms with Gasteiger partial charge in [0, 0.05) is 31.2 Å². The van der Waals surface area contributed by atoms with Crippen LogP contribution >= 0.6 is 0 Å². The summed E-state index contributed by atoms with van der Waals surface area (Å²) in [6.45, 7) is 3.96. The van der Waals surface area contributed by atoms with Gasteiger partial charge in [0.1, 0.15) is 0 Å². The molecule has 0 aromatic heterocycles. The first-order valence-corrected chi connectivity index (χ1v) is 17.2. The molecular formula is C32H61N7. The third-order valence-corrected chi connectivity index (χ3v) is 9.33. The molecule has 0 amide bonds. The molecule has 7 nitrogen and oxygen atoms in total. The zero-order chi connectivity index (χ0) is 26.8. The van der Waals surface area contributed by atoms with E-state index in [2.05, 4.69) is 26.6 Å². The maximum atomic E-state index is 5.14. The number of hydrogen-bond donors (Lipinski definition) is 5. The summed E-state index contributed by atoms with van der Waals surface area (Å²) in [5.41, 5.74) is 0. The van der Waals surface area contributed by atoms with Crippen LogP contribution in [-0.4, -0.2) is 62.3 Å². The molecule has 4 rings (SSSR count). The van der Waals surface area contributed by atoms with E-state index in [1.165, 1.54) is 128 Å². The van der Waals surface area contributed by atoms with Gasteiger partial charge in [0.25, 0.3) is 0 Å². The van der Waals surface area contributed by atoms with Crippen LogP contribution in [0.3, 0.4) is 0 Å². The van der Waals surface area contributed by atoms with Crippen LogP contribution in [-0.2, 0) is 0 Å². The molecule has 0 atom stereocenters. The van der Waals surface area contributed by atoms with E-state index in [1.54, 1.807) is 0 Å². The predicted molar refractivity (Wildman–Crippen MR) is 167 cm³/mol. The highest BCUT2D eigenvalue weighted by atomic mass is 15.2. The van der Waals surface area contributed by atoms with Gasteiger partial charge in [0.2, 0.25) is 0 Å². The van der Waals surface area contributed by atoms with Crippen LogP contribution in [0, 0.1) is 0 Å². The highest BCUT2D eigenvalue weighted by Crippen LogP contribution is 2.22. The summed E-state index contributed by atoms with van der Waals surface area (Å²) in [5.74, 6) is 2.15. The van der Waals surface area contributed by atoms with Crippen molar-refractivity contribution in [2.45, 2.75) is 165 Å². The lowest BCUT2D eigenvalue weighted by Gasteiger charge is -2.29. The molecule has 4 saturated carbocycles. The van der Waals surface area contributed by atoms with Crippen LogP contribution in [0.4, 0.5) is 0 Å². The Morgan fingerprint density at radius 3 is 1.49 bits per heavy atom. The van der Waals surface area contributed by atoms with E-state index in [0.29, 0.717) is 24.2 Å². The summed E-state index contributed by atoms with van der Waals surface area (Å²) in [4.78, 5) is 10.1. The van der Waals surface area contributed by atoms with Crippen LogP contribution < -0.4 is 26.6 Å². The van der Waals surface area contributed by atoms with E-state index in [1.807, 2.05) is 0 Å². The standard InChI is InChI=1S/C32H61N7/c1-5-15-27(16-6-1)36-31(37-28-17-7-2-8-18-28)34-25-13-23-33-24-14-26-35-32(38-29-19-9-3-10-20-29)39-30-21-11-4-12-22-30/h27-30,33H,1-26H2,(H2,34,36,37)(H2,35,38,39). The van der Waals surface area contributed by atoms with E-state index in [-0.39, 0.29) is 0 Å². The lowest BCUT2D eigenvalue weighted by Crippen LogP contribution is -2.48. The van der Waals surface area contributed by atoms with Gasteiger partial charge in [-0.2, -0.15) is 0 Å². The van der Waals surface area contributed by atoms with Gasteiger partial charge in [0.15, 0.2) is 11.9 Å². The van der Waals surface area contributed by atoms with E-state index in [9.17, 15) is 0 Å².